The van der Waals surface area contributed by atoms with Gasteiger partial charge in [-0.05, 0) is 13.8 Å². The quantitative estimate of drug-likeness (QED) is 0.734. The van der Waals surface area contributed by atoms with E-state index in [4.69, 9.17) is 10.5 Å². The average Bonchev–Trinajstić information content (AvgIpc) is 2.72. The number of hydrogen-bond acceptors (Lipinski definition) is 6. The zero-order chi connectivity index (χ0) is 13.0. The molecule has 2 aromatic rings. The Balaban J connectivity index is 1.99. The van der Waals surface area contributed by atoms with Gasteiger partial charge in [0.05, 0.1) is 12.3 Å². The van der Waals surface area contributed by atoms with Gasteiger partial charge >= 0.3 is 0 Å². The molecule has 2 heterocycles. The fourth-order valence-electron chi connectivity index (χ4n) is 1.37. The van der Waals surface area contributed by atoms with E-state index in [0.29, 0.717) is 24.2 Å². The number of nitrogens with zero attached hydrogens (tertiary/aromatic N) is 3. The average molecular weight is 248 g/mol. The normalized spacial score (nSPS) is 10.6. The van der Waals surface area contributed by atoms with E-state index in [1.54, 1.807) is 18.5 Å². The van der Waals surface area contributed by atoms with Crippen molar-refractivity contribution in [3.8, 4) is 5.88 Å². The molecular weight excluding hydrogens is 232 g/mol. The number of nitrogens with one attached hydrogen (secondary N) is 2. The lowest BCUT2D eigenvalue weighted by atomic mass is 10.3. The topological polar surface area (TPSA) is 102 Å². The van der Waals surface area contributed by atoms with Crippen molar-refractivity contribution < 1.29 is 4.74 Å². The predicted octanol–water partition coefficient (Wildman–Crippen LogP) is 1.18. The summed E-state index contributed by atoms with van der Waals surface area (Å²) in [5.41, 5.74) is 6.55. The standard InChI is InChI=1S/C11H16N6O/c1-7(2)18-9-3-4-13-11(16-9)14-5-8-6-15-17-10(8)12/h3-4,6-7H,5H2,1-2H3,(H3,12,15,17)(H,13,14,16). The summed E-state index contributed by atoms with van der Waals surface area (Å²) in [7, 11) is 0. The van der Waals surface area contributed by atoms with Crippen molar-refractivity contribution in [2.24, 2.45) is 0 Å². The summed E-state index contributed by atoms with van der Waals surface area (Å²) < 4.78 is 5.48. The van der Waals surface area contributed by atoms with Gasteiger partial charge in [0.25, 0.3) is 0 Å². The van der Waals surface area contributed by atoms with Crippen LogP contribution in [-0.2, 0) is 6.54 Å². The van der Waals surface area contributed by atoms with Crippen molar-refractivity contribution in [1.82, 2.24) is 20.2 Å². The molecule has 0 unspecified atom stereocenters. The summed E-state index contributed by atoms with van der Waals surface area (Å²) >= 11 is 0. The van der Waals surface area contributed by atoms with Crippen LogP contribution in [0.4, 0.5) is 11.8 Å². The summed E-state index contributed by atoms with van der Waals surface area (Å²) in [6, 6.07) is 1.72. The van der Waals surface area contributed by atoms with Crippen molar-refractivity contribution in [1.29, 1.82) is 0 Å². The molecular formula is C11H16N6O. The van der Waals surface area contributed by atoms with Gasteiger partial charge in [-0.15, -0.1) is 0 Å². The monoisotopic (exact) mass is 248 g/mol. The highest BCUT2D eigenvalue weighted by atomic mass is 16.5. The molecule has 0 bridgehead atoms. The Labute approximate surface area is 105 Å². The molecule has 0 aliphatic rings. The molecule has 7 heteroatoms. The molecule has 0 aliphatic carbocycles. The van der Waals surface area contributed by atoms with E-state index in [1.807, 2.05) is 13.8 Å². The van der Waals surface area contributed by atoms with Crippen LogP contribution in [0.25, 0.3) is 0 Å². The first-order chi connectivity index (χ1) is 8.65. The van der Waals surface area contributed by atoms with Gasteiger partial charge < -0.3 is 15.8 Å². The van der Waals surface area contributed by atoms with Gasteiger partial charge in [0.2, 0.25) is 11.8 Å². The molecule has 4 N–H and O–H groups in total. The predicted molar refractivity (Wildman–Crippen MR) is 68.1 cm³/mol. The summed E-state index contributed by atoms with van der Waals surface area (Å²) in [6.45, 7) is 4.40. The van der Waals surface area contributed by atoms with E-state index >= 15 is 0 Å². The number of hydrogen-bond donors (Lipinski definition) is 3. The second-order valence-electron chi connectivity index (χ2n) is 4.05. The molecule has 2 aromatic heterocycles. The Bertz CT molecular complexity index is 510. The Morgan fingerprint density at radius 2 is 2.33 bits per heavy atom. The molecule has 0 saturated heterocycles. The summed E-state index contributed by atoms with van der Waals surface area (Å²) in [6.07, 6.45) is 3.39. The van der Waals surface area contributed by atoms with E-state index in [2.05, 4.69) is 25.5 Å². The van der Waals surface area contributed by atoms with Gasteiger partial charge in [-0.1, -0.05) is 0 Å². The van der Waals surface area contributed by atoms with Crippen molar-refractivity contribution in [3.63, 3.8) is 0 Å². The Morgan fingerprint density at radius 1 is 1.50 bits per heavy atom. The van der Waals surface area contributed by atoms with Crippen LogP contribution < -0.4 is 15.8 Å². The summed E-state index contributed by atoms with van der Waals surface area (Å²) in [4.78, 5) is 8.33. The molecule has 0 saturated carbocycles. The lowest BCUT2D eigenvalue weighted by Gasteiger charge is -2.09. The summed E-state index contributed by atoms with van der Waals surface area (Å²) in [5.74, 6) is 1.58. The zero-order valence-electron chi connectivity index (χ0n) is 10.3. The molecule has 0 radical (unpaired) electrons. The first kappa shape index (κ1) is 12.2. The minimum absolute atomic E-state index is 0.0808. The maximum absolute atomic E-state index is 5.68. The first-order valence-corrected chi connectivity index (χ1v) is 5.66. The minimum Gasteiger partial charge on any atom is -0.475 e. The number of rotatable bonds is 5. The number of nitrogen functional groups attached to an aromatic ring is 1. The largest absolute Gasteiger partial charge is 0.475 e. The number of aromatic amines is 1. The van der Waals surface area contributed by atoms with Crippen LogP contribution in [0.15, 0.2) is 18.5 Å². The molecule has 0 spiro atoms. The number of aromatic nitrogens is 4. The van der Waals surface area contributed by atoms with Crippen molar-refractivity contribution in [2.45, 2.75) is 26.5 Å². The summed E-state index contributed by atoms with van der Waals surface area (Å²) in [5, 5.41) is 9.56. The second kappa shape index (κ2) is 5.35. The van der Waals surface area contributed by atoms with E-state index in [9.17, 15) is 0 Å². The molecule has 7 nitrogen and oxygen atoms in total. The van der Waals surface area contributed by atoms with Crippen LogP contribution in [0.1, 0.15) is 19.4 Å². The third-order valence-electron chi connectivity index (χ3n) is 2.17. The molecule has 0 fully saturated rings. The molecule has 2 rings (SSSR count). The Kier molecular flexibility index (Phi) is 3.61. The van der Waals surface area contributed by atoms with Gasteiger partial charge in [-0.3, -0.25) is 5.10 Å². The van der Waals surface area contributed by atoms with Gasteiger partial charge in [-0.2, -0.15) is 10.1 Å². The highest BCUT2D eigenvalue weighted by Crippen LogP contribution is 2.12. The van der Waals surface area contributed by atoms with Gasteiger partial charge in [0.1, 0.15) is 5.82 Å². The maximum atomic E-state index is 5.68. The van der Waals surface area contributed by atoms with Crippen LogP contribution >= 0.6 is 0 Å². The first-order valence-electron chi connectivity index (χ1n) is 5.66. The van der Waals surface area contributed by atoms with Crippen LogP contribution in [-0.4, -0.2) is 26.3 Å². The van der Waals surface area contributed by atoms with Crippen LogP contribution in [0.5, 0.6) is 5.88 Å². The van der Waals surface area contributed by atoms with E-state index in [1.165, 1.54) is 0 Å². The second-order valence-corrected chi connectivity index (χ2v) is 4.05. The number of H-pyrrole nitrogens is 1. The SMILES string of the molecule is CC(C)Oc1ccnc(NCc2cn[nH]c2N)n1. The fraction of sp³-hybridized carbons (Fsp3) is 0.364. The van der Waals surface area contributed by atoms with E-state index in [0.717, 1.165) is 5.56 Å². The van der Waals surface area contributed by atoms with Gasteiger partial charge in [0, 0.05) is 24.4 Å². The molecule has 0 atom stereocenters. The minimum atomic E-state index is 0.0808. The van der Waals surface area contributed by atoms with Crippen LogP contribution in [0.2, 0.25) is 0 Å². The van der Waals surface area contributed by atoms with E-state index in [-0.39, 0.29) is 6.10 Å². The highest BCUT2D eigenvalue weighted by molar-refractivity contribution is 5.39. The van der Waals surface area contributed by atoms with Crippen molar-refractivity contribution in [3.05, 3.63) is 24.0 Å². The fourth-order valence-corrected chi connectivity index (χ4v) is 1.37. The molecule has 0 amide bonds. The maximum Gasteiger partial charge on any atom is 0.226 e. The number of nitrogens with two attached hydrogens (primary N) is 1. The van der Waals surface area contributed by atoms with Gasteiger partial charge in [0.15, 0.2) is 0 Å². The zero-order valence-corrected chi connectivity index (χ0v) is 10.3. The van der Waals surface area contributed by atoms with E-state index < -0.39 is 0 Å². The molecule has 0 aliphatic heterocycles. The highest BCUT2D eigenvalue weighted by Gasteiger charge is 2.04. The van der Waals surface area contributed by atoms with Crippen LogP contribution in [0.3, 0.4) is 0 Å². The van der Waals surface area contributed by atoms with Crippen molar-refractivity contribution >= 4 is 11.8 Å². The molecule has 18 heavy (non-hydrogen) atoms. The number of ether oxygens (including phenoxy) is 1. The molecule has 0 aromatic carbocycles. The van der Waals surface area contributed by atoms with Crippen molar-refractivity contribution in [2.75, 3.05) is 11.1 Å². The van der Waals surface area contributed by atoms with Gasteiger partial charge in [-0.25, -0.2) is 4.98 Å². The smallest absolute Gasteiger partial charge is 0.226 e. The Morgan fingerprint density at radius 3 is 3.00 bits per heavy atom. The lowest BCUT2D eigenvalue weighted by Crippen LogP contribution is -2.09. The third-order valence-corrected chi connectivity index (χ3v) is 2.17. The lowest BCUT2D eigenvalue weighted by molar-refractivity contribution is 0.232. The Hall–Kier alpha value is -2.31. The molecule has 96 valence electrons. The van der Waals surface area contributed by atoms with Crippen LogP contribution in [0, 0.1) is 0 Å². The third kappa shape index (κ3) is 3.09. The number of anilines is 2.